The van der Waals surface area contributed by atoms with Crippen molar-refractivity contribution in [3.8, 4) is 0 Å². The van der Waals surface area contributed by atoms with Gasteiger partial charge in [0, 0.05) is 22.8 Å². The summed E-state index contributed by atoms with van der Waals surface area (Å²) in [5.41, 5.74) is 0. The van der Waals surface area contributed by atoms with Gasteiger partial charge in [-0.15, -0.1) is 0 Å². The lowest BCUT2D eigenvalue weighted by molar-refractivity contribution is -0.123. The van der Waals surface area contributed by atoms with E-state index in [1.54, 1.807) is 0 Å². The van der Waals surface area contributed by atoms with Crippen LogP contribution in [0.15, 0.2) is 0 Å². The lowest BCUT2D eigenvalue weighted by atomic mass is 9.91. The SMILES string of the molecule is CCCCCCCCCCCCC(=O)C1CC2CCC(C1)S2. The molecule has 2 saturated heterocycles. The summed E-state index contributed by atoms with van der Waals surface area (Å²) in [4.78, 5) is 12.3. The molecular weight excluding hydrogens is 288 g/mol. The molecule has 2 atom stereocenters. The van der Waals surface area contributed by atoms with Crippen molar-refractivity contribution in [1.82, 2.24) is 0 Å². The van der Waals surface area contributed by atoms with E-state index in [2.05, 4.69) is 18.7 Å². The summed E-state index contributed by atoms with van der Waals surface area (Å²) in [5, 5.41) is 1.64. The summed E-state index contributed by atoms with van der Waals surface area (Å²) < 4.78 is 0. The van der Waals surface area contributed by atoms with Crippen LogP contribution in [0.2, 0.25) is 0 Å². The van der Waals surface area contributed by atoms with Crippen LogP contribution in [-0.2, 0) is 4.79 Å². The molecule has 22 heavy (non-hydrogen) atoms. The van der Waals surface area contributed by atoms with Gasteiger partial charge in [-0.25, -0.2) is 0 Å². The molecule has 0 spiro atoms. The Morgan fingerprint density at radius 1 is 0.818 bits per heavy atom. The molecule has 2 aliphatic heterocycles. The van der Waals surface area contributed by atoms with Gasteiger partial charge in [0.1, 0.15) is 5.78 Å². The Morgan fingerprint density at radius 3 is 1.86 bits per heavy atom. The van der Waals surface area contributed by atoms with Crippen molar-refractivity contribution in [2.24, 2.45) is 5.92 Å². The zero-order valence-corrected chi connectivity index (χ0v) is 15.5. The molecule has 2 bridgehead atoms. The van der Waals surface area contributed by atoms with Gasteiger partial charge in [-0.1, -0.05) is 64.7 Å². The molecule has 0 saturated carbocycles. The van der Waals surface area contributed by atoms with Crippen LogP contribution >= 0.6 is 11.8 Å². The molecule has 2 rings (SSSR count). The first-order chi connectivity index (χ1) is 10.8. The molecule has 0 N–H and O–H groups in total. The molecule has 1 nitrogen and oxygen atoms in total. The first kappa shape index (κ1) is 18.4. The summed E-state index contributed by atoms with van der Waals surface area (Å²) >= 11 is 2.17. The second-order valence-corrected chi connectivity index (χ2v) is 9.13. The van der Waals surface area contributed by atoms with E-state index in [0.717, 1.165) is 23.3 Å². The third kappa shape index (κ3) is 6.64. The molecule has 0 radical (unpaired) electrons. The number of rotatable bonds is 12. The van der Waals surface area contributed by atoms with Gasteiger partial charge < -0.3 is 0 Å². The van der Waals surface area contributed by atoms with E-state index in [1.807, 2.05) is 0 Å². The Kier molecular flexibility index (Phi) is 8.96. The molecule has 0 amide bonds. The Hall–Kier alpha value is 0.0200. The lowest BCUT2D eigenvalue weighted by Crippen LogP contribution is -2.24. The first-order valence-electron chi connectivity index (χ1n) is 9.97. The summed E-state index contributed by atoms with van der Waals surface area (Å²) in [7, 11) is 0. The quantitative estimate of drug-likeness (QED) is 0.379. The highest BCUT2D eigenvalue weighted by Crippen LogP contribution is 2.46. The highest BCUT2D eigenvalue weighted by molar-refractivity contribution is 8.00. The van der Waals surface area contributed by atoms with Crippen LogP contribution < -0.4 is 0 Å². The Bertz CT molecular complexity index is 303. The third-order valence-corrected chi connectivity index (χ3v) is 7.15. The Labute approximate surface area is 142 Å². The van der Waals surface area contributed by atoms with Crippen molar-refractivity contribution in [2.75, 3.05) is 0 Å². The van der Waals surface area contributed by atoms with Crippen molar-refractivity contribution in [3.05, 3.63) is 0 Å². The molecule has 128 valence electrons. The maximum atomic E-state index is 12.3. The van der Waals surface area contributed by atoms with Gasteiger partial charge >= 0.3 is 0 Å². The maximum absolute atomic E-state index is 12.3. The summed E-state index contributed by atoms with van der Waals surface area (Å²) in [6, 6.07) is 0. The van der Waals surface area contributed by atoms with Gasteiger partial charge in [-0.2, -0.15) is 11.8 Å². The number of carbonyl (C=O) groups excluding carboxylic acids is 1. The summed E-state index contributed by atoms with van der Waals surface area (Å²) in [6.07, 6.45) is 19.6. The molecule has 2 heteroatoms. The standard InChI is InChI=1S/C20H36OS/c1-2-3-4-5-6-7-8-9-10-11-12-20(21)17-15-18-13-14-19(16-17)22-18/h17-19H,2-16H2,1H3. The van der Waals surface area contributed by atoms with Crippen LogP contribution in [0.1, 0.15) is 103 Å². The third-order valence-electron chi connectivity index (χ3n) is 5.52. The van der Waals surface area contributed by atoms with Crippen LogP contribution in [0.4, 0.5) is 0 Å². The van der Waals surface area contributed by atoms with Gasteiger partial charge in [-0.3, -0.25) is 4.79 Å². The Balaban J connectivity index is 1.41. The summed E-state index contributed by atoms with van der Waals surface area (Å²) in [6.45, 7) is 2.28. The second-order valence-electron chi connectivity index (χ2n) is 7.52. The van der Waals surface area contributed by atoms with E-state index in [9.17, 15) is 4.79 Å². The minimum atomic E-state index is 0.428. The Morgan fingerprint density at radius 2 is 1.32 bits per heavy atom. The largest absolute Gasteiger partial charge is 0.299 e. The van der Waals surface area contributed by atoms with E-state index in [0.29, 0.717) is 11.7 Å². The number of Topliss-reactive ketones (excluding diaryl/α,β-unsaturated/α-hetero) is 1. The lowest BCUT2D eigenvalue weighted by Gasteiger charge is -2.26. The molecule has 0 aliphatic carbocycles. The van der Waals surface area contributed by atoms with Crippen molar-refractivity contribution >= 4 is 17.5 Å². The number of unbranched alkanes of at least 4 members (excludes halogenated alkanes) is 9. The number of carbonyl (C=O) groups is 1. The van der Waals surface area contributed by atoms with Crippen LogP contribution in [-0.4, -0.2) is 16.3 Å². The van der Waals surface area contributed by atoms with E-state index < -0.39 is 0 Å². The first-order valence-corrected chi connectivity index (χ1v) is 10.9. The predicted molar refractivity (Wildman–Crippen MR) is 98.6 cm³/mol. The molecule has 0 aromatic heterocycles. The number of hydrogen-bond acceptors (Lipinski definition) is 2. The van der Waals surface area contributed by atoms with Crippen LogP contribution in [0.5, 0.6) is 0 Å². The minimum absolute atomic E-state index is 0.428. The van der Waals surface area contributed by atoms with Gasteiger partial charge in [0.05, 0.1) is 0 Å². The monoisotopic (exact) mass is 324 g/mol. The summed E-state index contributed by atoms with van der Waals surface area (Å²) in [5.74, 6) is 1.02. The normalized spacial score (nSPS) is 27.2. The number of fused-ring (bicyclic) bond motifs is 2. The highest BCUT2D eigenvalue weighted by atomic mass is 32.2. The zero-order chi connectivity index (χ0) is 15.6. The molecule has 2 aliphatic rings. The van der Waals surface area contributed by atoms with Gasteiger partial charge in [0.15, 0.2) is 0 Å². The minimum Gasteiger partial charge on any atom is -0.299 e. The molecular formula is C20H36OS. The molecule has 0 aromatic rings. The average molecular weight is 325 g/mol. The topological polar surface area (TPSA) is 17.1 Å². The van der Waals surface area contributed by atoms with Gasteiger partial charge in [-0.05, 0) is 32.1 Å². The molecule has 0 aromatic carbocycles. The number of ketones is 1. The van der Waals surface area contributed by atoms with Gasteiger partial charge in [0.2, 0.25) is 0 Å². The van der Waals surface area contributed by atoms with E-state index in [1.165, 1.54) is 83.5 Å². The van der Waals surface area contributed by atoms with Crippen molar-refractivity contribution in [2.45, 2.75) is 114 Å². The fourth-order valence-corrected chi connectivity index (χ4v) is 5.89. The van der Waals surface area contributed by atoms with E-state index >= 15 is 0 Å². The van der Waals surface area contributed by atoms with Crippen LogP contribution in [0.25, 0.3) is 0 Å². The van der Waals surface area contributed by atoms with Gasteiger partial charge in [0.25, 0.3) is 0 Å². The molecule has 2 heterocycles. The van der Waals surface area contributed by atoms with E-state index in [-0.39, 0.29) is 0 Å². The number of hydrogen-bond donors (Lipinski definition) is 0. The second kappa shape index (κ2) is 10.7. The molecule has 2 unspecified atom stereocenters. The average Bonchev–Trinajstić information content (AvgIpc) is 2.87. The van der Waals surface area contributed by atoms with E-state index in [4.69, 9.17) is 0 Å². The van der Waals surface area contributed by atoms with Crippen LogP contribution in [0.3, 0.4) is 0 Å². The molecule has 2 fully saturated rings. The van der Waals surface area contributed by atoms with Crippen LogP contribution in [0, 0.1) is 5.92 Å². The fraction of sp³-hybridized carbons (Fsp3) is 0.950. The van der Waals surface area contributed by atoms with Crippen molar-refractivity contribution in [1.29, 1.82) is 0 Å². The maximum Gasteiger partial charge on any atom is 0.136 e. The number of thioether (sulfide) groups is 1. The zero-order valence-electron chi connectivity index (χ0n) is 14.7. The van der Waals surface area contributed by atoms with Crippen molar-refractivity contribution < 1.29 is 4.79 Å². The fourth-order valence-electron chi connectivity index (χ4n) is 4.11. The van der Waals surface area contributed by atoms with Crippen molar-refractivity contribution in [3.63, 3.8) is 0 Å². The smallest absolute Gasteiger partial charge is 0.136 e. The predicted octanol–water partition coefficient (Wildman–Crippen LogP) is 6.54. The highest BCUT2D eigenvalue weighted by Gasteiger charge is 2.37.